The van der Waals surface area contributed by atoms with Gasteiger partial charge in [-0.05, 0) is 155 Å². The summed E-state index contributed by atoms with van der Waals surface area (Å²) in [5, 5.41) is 31.3. The monoisotopic (exact) mass is 1710 g/mol. The summed E-state index contributed by atoms with van der Waals surface area (Å²) in [7, 11) is 9.72. The van der Waals surface area contributed by atoms with Gasteiger partial charge in [0.15, 0.2) is 16.9 Å². The van der Waals surface area contributed by atoms with Crippen molar-refractivity contribution in [2.45, 2.75) is 241 Å². The molecule has 8 N–H and O–H groups in total. The Kier molecular flexibility index (Phi) is 28.6. The first-order chi connectivity index (χ1) is 58.8. The number of hydrogen-bond acceptors (Lipinski definition) is 23. The van der Waals surface area contributed by atoms with Crippen LogP contribution in [0.25, 0.3) is 31.5 Å². The average Bonchev–Trinajstić information content (AvgIpc) is 1.66. The number of fused-ring (bicyclic) bond motifs is 3. The van der Waals surface area contributed by atoms with E-state index in [4.69, 9.17) is 60.7 Å². The summed E-state index contributed by atoms with van der Waals surface area (Å²) in [5.41, 5.74) is 6.25. The van der Waals surface area contributed by atoms with Crippen LogP contribution in [0.1, 0.15) is 206 Å². The second-order valence-electron chi connectivity index (χ2n) is 33.5. The number of nitrogens with zero attached hydrogens (tertiary/aromatic N) is 17. The van der Waals surface area contributed by atoms with Crippen LogP contribution in [-0.4, -0.2) is 196 Å². The molecule has 0 bridgehead atoms. The summed E-state index contributed by atoms with van der Waals surface area (Å²) in [6.07, 6.45) is 23.8. The Morgan fingerprint density at radius 1 is 0.496 bits per heavy atom. The number of nitrogen functional groups attached to an aromatic ring is 1. The smallest absolute Gasteiger partial charge is 0.415 e. The summed E-state index contributed by atoms with van der Waals surface area (Å²) in [5.74, 6) is 0.930. The van der Waals surface area contributed by atoms with Crippen LogP contribution >= 0.6 is 11.6 Å². The van der Waals surface area contributed by atoms with Crippen molar-refractivity contribution in [3.8, 4) is 0 Å². The number of methoxy groups -OCH3 is 3. The lowest BCUT2D eigenvalue weighted by molar-refractivity contribution is 0.00731. The average molecular weight is 1710 g/mol. The van der Waals surface area contributed by atoms with Crippen molar-refractivity contribution >= 4 is 105 Å². The topological polar surface area (TPSA) is 406 Å². The van der Waals surface area contributed by atoms with Crippen molar-refractivity contribution in [2.75, 3.05) is 74.0 Å². The quantitative estimate of drug-likeness (QED) is 0.0292. The van der Waals surface area contributed by atoms with Gasteiger partial charge in [0.25, 0.3) is 34.4 Å². The van der Waals surface area contributed by atoms with Crippen molar-refractivity contribution in [1.29, 1.82) is 0 Å². The number of aromatic nitrogens is 12. The molecule has 9 aromatic heterocycles. The predicted octanol–water partition coefficient (Wildman–Crippen LogP) is 11.8. The third-order valence-electron chi connectivity index (χ3n) is 22.9. The molecule has 0 aliphatic heterocycles. The summed E-state index contributed by atoms with van der Waals surface area (Å²) >= 11 is 6.15. The number of carbonyl (C=O) groups excluding carboxylic acids is 5. The van der Waals surface area contributed by atoms with Crippen LogP contribution in [0.15, 0.2) is 106 Å². The molecule has 37 nitrogen and oxygen atoms in total. The number of anilines is 8. The Bertz CT molecular complexity index is 5680. The summed E-state index contributed by atoms with van der Waals surface area (Å²) < 4.78 is 36.5. The molecule has 6 aliphatic rings. The van der Waals surface area contributed by atoms with Gasteiger partial charge in [-0.15, -0.1) is 0 Å². The van der Waals surface area contributed by atoms with Gasteiger partial charge in [-0.1, -0.05) is 11.6 Å². The highest BCUT2D eigenvalue weighted by molar-refractivity contribution is 6.30. The molecule has 38 heteroatoms. The van der Waals surface area contributed by atoms with Gasteiger partial charge in [-0.25, -0.2) is 44.3 Å². The van der Waals surface area contributed by atoms with Crippen LogP contribution in [0.2, 0.25) is 5.15 Å². The van der Waals surface area contributed by atoms with Crippen molar-refractivity contribution in [2.24, 2.45) is 0 Å². The van der Waals surface area contributed by atoms with Gasteiger partial charge in [0.1, 0.15) is 73.5 Å². The van der Waals surface area contributed by atoms with Crippen LogP contribution in [0.5, 0.6) is 0 Å². The van der Waals surface area contributed by atoms with E-state index < -0.39 is 23.4 Å². The first-order valence-electron chi connectivity index (χ1n) is 41.3. The Hall–Kier alpha value is -12.5. The van der Waals surface area contributed by atoms with Crippen molar-refractivity contribution in [3.05, 3.63) is 179 Å². The van der Waals surface area contributed by atoms with Crippen LogP contribution in [-0.2, 0) is 23.7 Å². The predicted molar refractivity (Wildman–Crippen MR) is 463 cm³/mol. The van der Waals surface area contributed by atoms with Gasteiger partial charge < -0.3 is 89.6 Å². The van der Waals surface area contributed by atoms with E-state index in [1.54, 1.807) is 149 Å². The van der Waals surface area contributed by atoms with Crippen LogP contribution < -0.4 is 64.1 Å². The fourth-order valence-electron chi connectivity index (χ4n) is 15.8. The molecule has 0 aromatic carbocycles. The number of hydrogen-bond donors (Lipinski definition) is 7. The van der Waals surface area contributed by atoms with E-state index in [-0.39, 0.29) is 158 Å². The van der Waals surface area contributed by atoms with Gasteiger partial charge in [0.05, 0.1) is 60.7 Å². The molecule has 6 saturated carbocycles. The molecule has 0 saturated heterocycles. The summed E-state index contributed by atoms with van der Waals surface area (Å²) in [4.78, 5) is 130. The standard InChI is InChI=1S/C30H38N8O5.C25H30N8O3.C18H24ClN5O4.C12H15N3O/c1-30(2,3)43-29(41)36(5)25-16-24(33-22-11-8-14-37(28(22)40)19-10-7-9-18(15-19)31-4)35-26-20(17-32-38(25)26)27(39)34-21-12-13-23(21)42-6;1-26-15-6-4-7-16(12-15)32-11-5-8-19(25(32)35)29-21-13-22(27-2)33-23(31-21)17(14-28-33)24(34)30-18-9-10-20(18)36-3;1-18(2,3)28-17(26)23(4)14-8-13(19)22-15-10(9-20-24(14)15)16(25)21-11-6-7-12(11)27-5;1-14-9-4-2-5-10(8-9)15-7-3-6-11(13)12(15)16/h8,11,14,16-19,21,23H,7,9-10,12-13,15H2,1-3,5-6H3,(H,33,35)(H,34,39);5,8,11,13-16,18,20,27H,4,6-7,9-10,12H2,2-3H3,(H,29,31)(H,30,34);8-9,11-12H,6-7H2,1-5H3,(H,21,25);3,6-7,9-10H,2,4-5,8,13H2/t18-,19+,21?,23+;15-,16+,18?,20+;11?,12-;9-,10+/m1101/s1. The fourth-order valence-corrected chi connectivity index (χ4v) is 16.0. The van der Waals surface area contributed by atoms with E-state index in [0.29, 0.717) is 47.2 Å². The number of nitrogens with two attached hydrogens (primary N) is 1. The molecule has 6 aliphatic carbocycles. The maximum atomic E-state index is 13.6. The third kappa shape index (κ3) is 21.0. The molecule has 6 fully saturated rings. The summed E-state index contributed by atoms with van der Waals surface area (Å²) in [6, 6.07) is 15.0. The Morgan fingerprint density at radius 2 is 0.854 bits per heavy atom. The van der Waals surface area contributed by atoms with Gasteiger partial charge in [-0.2, -0.15) is 28.8 Å². The first kappa shape index (κ1) is 89.8. The van der Waals surface area contributed by atoms with Gasteiger partial charge >= 0.3 is 12.2 Å². The summed E-state index contributed by atoms with van der Waals surface area (Å²) in [6.45, 7) is 32.5. The fraction of sp³-hybridized carbons (Fsp3) is 0.518. The van der Waals surface area contributed by atoms with E-state index >= 15 is 0 Å². The number of ether oxygens (including phenoxy) is 5. The molecule has 652 valence electrons. The Labute approximate surface area is 716 Å². The van der Waals surface area contributed by atoms with Crippen LogP contribution in [0.3, 0.4) is 0 Å². The molecule has 3 unspecified atom stereocenters. The molecule has 5 amide bonds. The highest BCUT2D eigenvalue weighted by Crippen LogP contribution is 2.36. The van der Waals surface area contributed by atoms with Crippen LogP contribution in [0.4, 0.5) is 55.7 Å². The van der Waals surface area contributed by atoms with E-state index in [1.165, 1.54) is 57.6 Å². The Balaban J connectivity index is 0.000000157. The number of carbonyl (C=O) groups is 5. The van der Waals surface area contributed by atoms with Crippen molar-refractivity contribution in [1.82, 2.24) is 73.4 Å². The second kappa shape index (κ2) is 39.1. The molecule has 0 radical (unpaired) electrons. The van der Waals surface area contributed by atoms with Crippen LogP contribution in [0, 0.1) is 19.7 Å². The maximum absolute atomic E-state index is 13.6. The SMILES string of the molecule is CO[C@H]1CCC1NC(=O)c1cnn2c(N(C)C(=O)OC(C)(C)C)cc(Cl)nc12.[C-]#[N+][C@@H]1CCC[C@H](n2cccc(N)c2=O)C1.[C-]#[N+][C@@H]1CCC[C@H](n2cccc(Nc3cc(N(C)C(=O)OC(C)(C)C)n4ncc(C(=O)NC5CC[C@@H]5OC)c4n3)c2=O)C1.[C-]#[N+][C@@H]1CCC[C@H](n2cccc(Nc3cc(NC)n4ncc(C(=O)NC5CC[C@@H]5OC)c4n3)c2=O)C1. The number of amides is 5. The van der Waals surface area contributed by atoms with Crippen molar-refractivity contribution in [3.63, 3.8) is 0 Å². The number of nitrogens with one attached hydrogen (secondary N) is 6. The minimum Gasteiger partial charge on any atom is -0.443 e. The number of rotatable bonds is 19. The zero-order chi connectivity index (χ0) is 88.3. The molecule has 123 heavy (non-hydrogen) atoms. The zero-order valence-corrected chi connectivity index (χ0v) is 71.9. The lowest BCUT2D eigenvalue weighted by atomic mass is 9.89. The molecule has 12 atom stereocenters. The van der Waals surface area contributed by atoms with E-state index in [0.717, 1.165) is 103 Å². The van der Waals surface area contributed by atoms with Gasteiger partial charge in [-0.3, -0.25) is 38.6 Å². The maximum Gasteiger partial charge on any atom is 0.415 e. The van der Waals surface area contributed by atoms with E-state index in [1.807, 2.05) is 6.07 Å². The highest BCUT2D eigenvalue weighted by Gasteiger charge is 2.38. The molecule has 9 heterocycles. The molecule has 9 aromatic rings. The Morgan fingerprint density at radius 3 is 1.22 bits per heavy atom. The first-order valence-corrected chi connectivity index (χ1v) is 41.7. The lowest BCUT2D eigenvalue weighted by Crippen LogP contribution is -2.51. The van der Waals surface area contributed by atoms with Gasteiger partial charge in [0, 0.05) is 136 Å². The third-order valence-corrected chi connectivity index (χ3v) is 23.1. The minimum atomic E-state index is -0.741. The molecular formula is C85H107ClN24O13. The largest absolute Gasteiger partial charge is 0.443 e. The van der Waals surface area contributed by atoms with E-state index in [9.17, 15) is 38.4 Å². The molecule has 15 rings (SSSR count). The second-order valence-corrected chi connectivity index (χ2v) is 33.9. The molecule has 0 spiro atoms. The zero-order valence-electron chi connectivity index (χ0n) is 71.2. The number of halogens is 1. The number of pyridine rings is 3. The molecular weight excluding hydrogens is 1600 g/mol. The van der Waals surface area contributed by atoms with Gasteiger partial charge in [0.2, 0.25) is 18.1 Å². The lowest BCUT2D eigenvalue weighted by Gasteiger charge is -2.35. The normalized spacial score (nSPS) is 22.1. The minimum absolute atomic E-state index is 0.00275. The highest BCUT2D eigenvalue weighted by atomic mass is 35.5. The van der Waals surface area contributed by atoms with Crippen molar-refractivity contribution < 1.29 is 47.7 Å². The van der Waals surface area contributed by atoms with E-state index in [2.05, 4.69) is 76.7 Å².